The molecule has 3 rings (SSSR count). The van der Waals surface area contributed by atoms with Crippen LogP contribution in [0, 0.1) is 0 Å². The van der Waals surface area contributed by atoms with Crippen LogP contribution in [0.3, 0.4) is 0 Å². The highest BCUT2D eigenvalue weighted by atomic mass is 35.5. The maximum atomic E-state index is 12.9. The van der Waals surface area contributed by atoms with Gasteiger partial charge in [-0.15, -0.1) is 5.53 Å². The first-order valence-electron chi connectivity index (χ1n) is 6.64. The van der Waals surface area contributed by atoms with Crippen molar-refractivity contribution in [2.45, 2.75) is 12.7 Å². The van der Waals surface area contributed by atoms with Gasteiger partial charge in [-0.25, -0.2) is 4.79 Å². The van der Waals surface area contributed by atoms with E-state index in [1.165, 1.54) is 6.20 Å². The van der Waals surface area contributed by atoms with Gasteiger partial charge in [0.05, 0.1) is 17.1 Å². The lowest BCUT2D eigenvalue weighted by Crippen LogP contribution is -2.39. The lowest BCUT2D eigenvalue weighted by Gasteiger charge is -2.18. The van der Waals surface area contributed by atoms with Gasteiger partial charge in [-0.2, -0.15) is 13.2 Å². The zero-order valence-electron chi connectivity index (χ0n) is 11.9. The average molecular weight is 359 g/mol. The second-order valence-corrected chi connectivity index (χ2v) is 5.47. The van der Waals surface area contributed by atoms with Gasteiger partial charge in [-0.1, -0.05) is 17.7 Å². The van der Waals surface area contributed by atoms with Crippen LogP contribution in [0.2, 0.25) is 5.02 Å². The summed E-state index contributed by atoms with van der Waals surface area (Å²) in [6.45, 7) is -0.101. The Kier molecular flexibility index (Phi) is 3.98. The second-order valence-electron chi connectivity index (χ2n) is 5.03. The van der Waals surface area contributed by atoms with E-state index in [2.05, 4.69) is 10.5 Å². The van der Waals surface area contributed by atoms with Crippen LogP contribution >= 0.6 is 11.6 Å². The molecule has 1 aromatic carbocycles. The van der Waals surface area contributed by atoms with Crippen LogP contribution in [-0.4, -0.2) is 27.2 Å². The van der Waals surface area contributed by atoms with Gasteiger partial charge in [0.1, 0.15) is 0 Å². The molecule has 3 N–H and O–H groups in total. The molecule has 24 heavy (non-hydrogen) atoms. The highest BCUT2D eigenvalue weighted by molar-refractivity contribution is 6.31. The molecule has 0 spiro atoms. The number of carboxylic acid groups (broad SMARTS) is 1. The van der Waals surface area contributed by atoms with Crippen LogP contribution in [0.5, 0.6) is 0 Å². The van der Waals surface area contributed by atoms with E-state index in [0.717, 1.165) is 5.01 Å². The van der Waals surface area contributed by atoms with Crippen molar-refractivity contribution in [2.75, 3.05) is 0 Å². The first kappa shape index (κ1) is 16.3. The van der Waals surface area contributed by atoms with Crippen LogP contribution in [0.4, 0.5) is 13.2 Å². The number of carboxylic acids is 1. The van der Waals surface area contributed by atoms with Gasteiger partial charge in [0.25, 0.3) is 0 Å². The summed E-state index contributed by atoms with van der Waals surface area (Å²) in [6, 6.07) is 6.67. The summed E-state index contributed by atoms with van der Waals surface area (Å²) >= 11 is 5.87. The van der Waals surface area contributed by atoms with E-state index in [1.54, 1.807) is 24.3 Å². The number of hydrogen-bond acceptors (Lipinski definition) is 5. The predicted molar refractivity (Wildman–Crippen MR) is 79.3 cm³/mol. The number of nitrogens with zero attached hydrogens (tertiary/aromatic N) is 2. The number of rotatable bonds is 3. The van der Waals surface area contributed by atoms with Crippen molar-refractivity contribution < 1.29 is 23.1 Å². The Morgan fingerprint density at radius 3 is 2.75 bits per heavy atom. The van der Waals surface area contributed by atoms with Crippen LogP contribution in [0.25, 0.3) is 10.9 Å². The summed E-state index contributed by atoms with van der Waals surface area (Å²) < 4.78 is 38.6. The molecule has 10 heteroatoms. The summed E-state index contributed by atoms with van der Waals surface area (Å²) in [5, 5.41) is 11.1. The Labute approximate surface area is 138 Å². The summed E-state index contributed by atoms with van der Waals surface area (Å²) in [6.07, 6.45) is -3.33. The van der Waals surface area contributed by atoms with E-state index in [1.807, 2.05) is 5.43 Å². The molecule has 0 radical (unpaired) electrons. The van der Waals surface area contributed by atoms with Gasteiger partial charge < -0.3 is 5.11 Å². The second kappa shape index (κ2) is 5.84. The van der Waals surface area contributed by atoms with Crippen LogP contribution in [0.15, 0.2) is 41.9 Å². The zero-order chi connectivity index (χ0) is 17.5. The SMILES string of the molecule is O=C(O)C1=C(C(F)(F)F)NNN1Cc1ccc2ncc(Cl)cc2c1. The molecule has 0 amide bonds. The van der Waals surface area contributed by atoms with Crippen molar-refractivity contribution in [3.8, 4) is 0 Å². The molecule has 126 valence electrons. The number of halogens is 4. The molecule has 0 aliphatic carbocycles. The van der Waals surface area contributed by atoms with E-state index in [-0.39, 0.29) is 6.54 Å². The molecule has 6 nitrogen and oxygen atoms in total. The van der Waals surface area contributed by atoms with E-state index in [4.69, 9.17) is 16.7 Å². The van der Waals surface area contributed by atoms with Gasteiger partial charge >= 0.3 is 12.1 Å². The van der Waals surface area contributed by atoms with Crippen molar-refractivity contribution >= 4 is 28.5 Å². The smallest absolute Gasteiger partial charge is 0.434 e. The third kappa shape index (κ3) is 3.08. The third-order valence-corrected chi connectivity index (χ3v) is 3.57. The lowest BCUT2D eigenvalue weighted by molar-refractivity contribution is -0.136. The minimum Gasteiger partial charge on any atom is -0.476 e. The molecule has 0 atom stereocenters. The fourth-order valence-corrected chi connectivity index (χ4v) is 2.52. The van der Waals surface area contributed by atoms with E-state index < -0.39 is 23.5 Å². The van der Waals surface area contributed by atoms with Gasteiger partial charge in [0.15, 0.2) is 11.4 Å². The molecule has 1 aromatic heterocycles. The molecular weight excluding hydrogens is 349 g/mol. The standard InChI is InChI=1S/C14H10ClF3N4O2/c15-9-4-8-3-7(1-2-10(8)19-5-9)6-22-11(13(23)24)12(20-21-22)14(16,17)18/h1-5,20-21H,6H2,(H,23,24). The summed E-state index contributed by atoms with van der Waals surface area (Å²) in [5.41, 5.74) is 3.09. The zero-order valence-corrected chi connectivity index (χ0v) is 12.6. The fourth-order valence-electron chi connectivity index (χ4n) is 2.35. The fraction of sp³-hybridized carbons (Fsp3) is 0.143. The summed E-state index contributed by atoms with van der Waals surface area (Å²) in [5.74, 6) is -1.69. The topological polar surface area (TPSA) is 77.5 Å². The molecule has 0 bridgehead atoms. The largest absolute Gasteiger partial charge is 0.476 e. The maximum absolute atomic E-state index is 12.9. The molecule has 0 saturated heterocycles. The van der Waals surface area contributed by atoms with E-state index in [0.29, 0.717) is 21.5 Å². The molecular formula is C14H10ClF3N4O2. The number of hydrogen-bond donors (Lipinski definition) is 3. The molecule has 1 aliphatic heterocycles. The molecule has 1 aliphatic rings. The normalized spacial score (nSPS) is 15.1. The number of alkyl halides is 3. The monoisotopic (exact) mass is 358 g/mol. The van der Waals surface area contributed by atoms with Crippen molar-refractivity contribution in [3.05, 3.63) is 52.4 Å². The third-order valence-electron chi connectivity index (χ3n) is 3.36. The Bertz CT molecular complexity index is 854. The quantitative estimate of drug-likeness (QED) is 0.783. The highest BCUT2D eigenvalue weighted by Gasteiger charge is 2.44. The molecule has 0 saturated carbocycles. The Morgan fingerprint density at radius 1 is 1.33 bits per heavy atom. The maximum Gasteiger partial charge on any atom is 0.434 e. The average Bonchev–Trinajstić information content (AvgIpc) is 2.90. The Hall–Kier alpha value is -2.52. The summed E-state index contributed by atoms with van der Waals surface area (Å²) in [4.78, 5) is 15.3. The first-order valence-corrected chi connectivity index (χ1v) is 7.01. The van der Waals surface area contributed by atoms with Gasteiger partial charge in [-0.05, 0) is 23.8 Å². The molecule has 0 fully saturated rings. The molecule has 0 unspecified atom stereocenters. The molecule has 2 aromatic rings. The number of carbonyl (C=O) groups is 1. The van der Waals surface area contributed by atoms with E-state index in [9.17, 15) is 18.0 Å². The van der Waals surface area contributed by atoms with Crippen LogP contribution in [0.1, 0.15) is 5.56 Å². The van der Waals surface area contributed by atoms with Crippen molar-refractivity contribution in [3.63, 3.8) is 0 Å². The number of allylic oxidation sites excluding steroid dienone is 1. The number of benzene rings is 1. The number of hydrazine groups is 2. The highest BCUT2D eigenvalue weighted by Crippen LogP contribution is 2.30. The number of nitrogens with one attached hydrogen (secondary N) is 2. The van der Waals surface area contributed by atoms with Gasteiger partial charge in [0.2, 0.25) is 0 Å². The van der Waals surface area contributed by atoms with Crippen molar-refractivity contribution in [2.24, 2.45) is 0 Å². The van der Waals surface area contributed by atoms with E-state index >= 15 is 0 Å². The Balaban J connectivity index is 1.93. The van der Waals surface area contributed by atoms with Crippen LogP contribution in [-0.2, 0) is 11.3 Å². The first-order chi connectivity index (χ1) is 11.3. The van der Waals surface area contributed by atoms with Gasteiger partial charge in [0, 0.05) is 11.6 Å². The minimum absolute atomic E-state index is 0.101. The minimum atomic E-state index is -4.81. The predicted octanol–water partition coefficient (Wildman–Crippen LogP) is 2.57. The van der Waals surface area contributed by atoms with Crippen molar-refractivity contribution in [1.82, 2.24) is 21.0 Å². The number of fused-ring (bicyclic) bond motifs is 1. The Morgan fingerprint density at radius 2 is 2.08 bits per heavy atom. The lowest BCUT2D eigenvalue weighted by atomic mass is 10.1. The van der Waals surface area contributed by atoms with Gasteiger partial charge in [-0.3, -0.25) is 15.4 Å². The van der Waals surface area contributed by atoms with Crippen molar-refractivity contribution in [1.29, 1.82) is 0 Å². The number of aromatic nitrogens is 1. The molecule has 2 heterocycles. The summed E-state index contributed by atoms with van der Waals surface area (Å²) in [7, 11) is 0. The van der Waals surface area contributed by atoms with Crippen LogP contribution < -0.4 is 11.0 Å². The number of pyridine rings is 1. The number of aliphatic carboxylic acids is 1.